The summed E-state index contributed by atoms with van der Waals surface area (Å²) in [6, 6.07) is 7.85. The molecule has 2 heterocycles. The first-order valence-corrected chi connectivity index (χ1v) is 5.50. The molecule has 1 amide bonds. The summed E-state index contributed by atoms with van der Waals surface area (Å²) in [5, 5.41) is 9.17. The first-order chi connectivity index (χ1) is 7.81. The number of aryl methyl sites for hydroxylation is 1. The number of aliphatic hydroxyl groups is 1. The Balaban J connectivity index is 2.04. The van der Waals surface area contributed by atoms with Crippen LogP contribution in [0.3, 0.4) is 0 Å². The predicted octanol–water partition coefficient (Wildman–Crippen LogP) is 1.32. The molecule has 2 aliphatic rings. The summed E-state index contributed by atoms with van der Waals surface area (Å²) in [5.74, 6) is 0. The highest BCUT2D eigenvalue weighted by atomic mass is 16.6. The van der Waals surface area contributed by atoms with E-state index < -0.39 is 0 Å². The Bertz CT molecular complexity index is 432. The zero-order valence-corrected chi connectivity index (χ0v) is 8.80. The van der Waals surface area contributed by atoms with Crippen LogP contribution in [0.25, 0.3) is 0 Å². The Morgan fingerprint density at radius 2 is 2.25 bits per heavy atom. The molecule has 2 aliphatic heterocycles. The molecule has 16 heavy (non-hydrogen) atoms. The number of anilines is 1. The maximum Gasteiger partial charge on any atom is 0.415 e. The van der Waals surface area contributed by atoms with Crippen molar-refractivity contribution in [2.45, 2.75) is 25.0 Å². The van der Waals surface area contributed by atoms with Crippen LogP contribution in [0.15, 0.2) is 24.3 Å². The minimum Gasteiger partial charge on any atom is -0.441 e. The number of para-hydroxylation sites is 1. The van der Waals surface area contributed by atoms with E-state index in [1.54, 1.807) is 4.90 Å². The lowest BCUT2D eigenvalue weighted by atomic mass is 9.94. The fourth-order valence-corrected chi connectivity index (χ4v) is 2.58. The van der Waals surface area contributed by atoms with Gasteiger partial charge in [0.15, 0.2) is 0 Å². The fourth-order valence-electron chi connectivity index (χ4n) is 2.58. The molecular weight excluding hydrogens is 206 g/mol. The average molecular weight is 219 g/mol. The van der Waals surface area contributed by atoms with Gasteiger partial charge in [0.25, 0.3) is 0 Å². The van der Waals surface area contributed by atoms with E-state index in [2.05, 4.69) is 0 Å². The molecule has 4 heteroatoms. The monoisotopic (exact) mass is 219 g/mol. The maximum absolute atomic E-state index is 11.7. The standard InChI is InChI=1S/C12H13NO3/c14-7-11-10-6-5-8-3-1-2-4-9(8)13(10)12(15)16-11/h1-4,10-11,14H,5-7H2. The minimum atomic E-state index is -0.374. The third kappa shape index (κ3) is 1.23. The van der Waals surface area contributed by atoms with Crippen LogP contribution in [0.1, 0.15) is 12.0 Å². The Morgan fingerprint density at radius 1 is 1.44 bits per heavy atom. The van der Waals surface area contributed by atoms with Gasteiger partial charge in [0, 0.05) is 0 Å². The molecule has 1 fully saturated rings. The Labute approximate surface area is 93.4 Å². The topological polar surface area (TPSA) is 49.8 Å². The van der Waals surface area contributed by atoms with Crippen molar-refractivity contribution in [1.29, 1.82) is 0 Å². The van der Waals surface area contributed by atoms with Gasteiger partial charge in [-0.15, -0.1) is 0 Å². The number of hydrogen-bond donors (Lipinski definition) is 1. The van der Waals surface area contributed by atoms with E-state index in [4.69, 9.17) is 9.84 Å². The summed E-state index contributed by atoms with van der Waals surface area (Å²) in [7, 11) is 0. The molecule has 1 N–H and O–H groups in total. The summed E-state index contributed by atoms with van der Waals surface area (Å²) < 4.78 is 5.15. The zero-order valence-electron chi connectivity index (χ0n) is 8.80. The zero-order chi connectivity index (χ0) is 11.1. The van der Waals surface area contributed by atoms with Crippen molar-refractivity contribution >= 4 is 11.8 Å². The van der Waals surface area contributed by atoms with Gasteiger partial charge in [0.05, 0.1) is 18.3 Å². The highest BCUT2D eigenvalue weighted by Crippen LogP contribution is 2.36. The highest BCUT2D eigenvalue weighted by Gasteiger charge is 2.44. The predicted molar refractivity (Wildman–Crippen MR) is 58.4 cm³/mol. The summed E-state index contributed by atoms with van der Waals surface area (Å²) in [6.45, 7) is -0.102. The number of aliphatic hydroxyl groups excluding tert-OH is 1. The van der Waals surface area contributed by atoms with Crippen LogP contribution in [0.5, 0.6) is 0 Å². The second-order valence-electron chi connectivity index (χ2n) is 4.21. The molecule has 2 atom stereocenters. The van der Waals surface area contributed by atoms with E-state index in [0.717, 1.165) is 18.5 Å². The normalized spacial score (nSPS) is 27.3. The molecule has 1 saturated heterocycles. The number of ether oxygens (including phenoxy) is 1. The summed E-state index contributed by atoms with van der Waals surface area (Å²) in [5.41, 5.74) is 2.11. The molecule has 0 aliphatic carbocycles. The summed E-state index contributed by atoms with van der Waals surface area (Å²) in [4.78, 5) is 13.4. The lowest BCUT2D eigenvalue weighted by Gasteiger charge is -2.30. The van der Waals surface area contributed by atoms with Crippen LogP contribution in [-0.2, 0) is 11.2 Å². The van der Waals surface area contributed by atoms with Gasteiger partial charge in [0.1, 0.15) is 6.10 Å². The lowest BCUT2D eigenvalue weighted by Crippen LogP contribution is -2.41. The molecule has 0 aromatic heterocycles. The van der Waals surface area contributed by atoms with Gasteiger partial charge in [-0.05, 0) is 24.5 Å². The van der Waals surface area contributed by atoms with Crippen LogP contribution in [-0.4, -0.2) is 30.0 Å². The van der Waals surface area contributed by atoms with Gasteiger partial charge < -0.3 is 9.84 Å². The number of hydrogen-bond acceptors (Lipinski definition) is 3. The number of cyclic esters (lactones) is 1. The number of carbonyl (C=O) groups excluding carboxylic acids is 1. The molecule has 0 bridgehead atoms. The van der Waals surface area contributed by atoms with Crippen molar-refractivity contribution in [2.24, 2.45) is 0 Å². The van der Waals surface area contributed by atoms with Crippen molar-refractivity contribution in [3.63, 3.8) is 0 Å². The van der Waals surface area contributed by atoms with Gasteiger partial charge in [-0.25, -0.2) is 4.79 Å². The third-order valence-corrected chi connectivity index (χ3v) is 3.35. The second kappa shape index (κ2) is 3.49. The Kier molecular flexibility index (Phi) is 2.11. The van der Waals surface area contributed by atoms with Crippen LogP contribution in [0.2, 0.25) is 0 Å². The molecular formula is C12H13NO3. The van der Waals surface area contributed by atoms with E-state index >= 15 is 0 Å². The molecule has 0 spiro atoms. The molecule has 1 aromatic carbocycles. The quantitative estimate of drug-likeness (QED) is 0.775. The molecule has 4 nitrogen and oxygen atoms in total. The second-order valence-corrected chi connectivity index (χ2v) is 4.21. The van der Waals surface area contributed by atoms with Crippen LogP contribution in [0, 0.1) is 0 Å². The van der Waals surface area contributed by atoms with E-state index in [9.17, 15) is 4.79 Å². The number of rotatable bonds is 1. The molecule has 84 valence electrons. The highest BCUT2D eigenvalue weighted by molar-refractivity contribution is 5.92. The third-order valence-electron chi connectivity index (χ3n) is 3.35. The van der Waals surface area contributed by atoms with Gasteiger partial charge in [0.2, 0.25) is 0 Å². The SMILES string of the molecule is O=C1OC(CO)C2CCc3ccccc3N12. The molecule has 0 saturated carbocycles. The van der Waals surface area contributed by atoms with Crippen molar-refractivity contribution < 1.29 is 14.6 Å². The number of nitrogens with zero attached hydrogens (tertiary/aromatic N) is 1. The maximum atomic E-state index is 11.7. The van der Waals surface area contributed by atoms with Gasteiger partial charge >= 0.3 is 6.09 Å². The summed E-state index contributed by atoms with van der Waals surface area (Å²) in [6.07, 6.45) is 1.08. The number of fused-ring (bicyclic) bond motifs is 3. The lowest BCUT2D eigenvalue weighted by molar-refractivity contribution is 0.0817. The molecule has 0 radical (unpaired) electrons. The Hall–Kier alpha value is -1.55. The first kappa shape index (κ1) is 9.66. The fraction of sp³-hybridized carbons (Fsp3) is 0.417. The van der Waals surface area contributed by atoms with Gasteiger partial charge in [-0.2, -0.15) is 0 Å². The average Bonchev–Trinajstić information content (AvgIpc) is 2.66. The molecule has 1 aromatic rings. The van der Waals surface area contributed by atoms with E-state index in [0.29, 0.717) is 0 Å². The minimum absolute atomic E-state index is 0.00704. The van der Waals surface area contributed by atoms with Gasteiger partial charge in [-0.3, -0.25) is 4.90 Å². The van der Waals surface area contributed by atoms with E-state index in [1.807, 2.05) is 24.3 Å². The van der Waals surface area contributed by atoms with E-state index in [1.165, 1.54) is 5.56 Å². The van der Waals surface area contributed by atoms with Crippen molar-refractivity contribution in [3.05, 3.63) is 29.8 Å². The number of amides is 1. The number of benzene rings is 1. The van der Waals surface area contributed by atoms with Gasteiger partial charge in [-0.1, -0.05) is 18.2 Å². The van der Waals surface area contributed by atoms with Crippen molar-refractivity contribution in [1.82, 2.24) is 0 Å². The smallest absolute Gasteiger partial charge is 0.415 e. The van der Waals surface area contributed by atoms with Crippen LogP contribution < -0.4 is 4.90 Å². The van der Waals surface area contributed by atoms with E-state index in [-0.39, 0.29) is 24.8 Å². The van der Waals surface area contributed by atoms with Crippen molar-refractivity contribution in [3.8, 4) is 0 Å². The van der Waals surface area contributed by atoms with Crippen molar-refractivity contribution in [2.75, 3.05) is 11.5 Å². The first-order valence-electron chi connectivity index (χ1n) is 5.50. The van der Waals surface area contributed by atoms with Crippen LogP contribution in [0.4, 0.5) is 10.5 Å². The largest absolute Gasteiger partial charge is 0.441 e. The van der Waals surface area contributed by atoms with Crippen LogP contribution >= 0.6 is 0 Å². The number of carbonyl (C=O) groups is 1. The summed E-state index contributed by atoms with van der Waals surface area (Å²) >= 11 is 0. The molecule has 2 unspecified atom stereocenters. The Morgan fingerprint density at radius 3 is 3.06 bits per heavy atom. The molecule has 3 rings (SSSR count).